The molecule has 0 radical (unpaired) electrons. The van der Waals surface area contributed by atoms with Crippen LogP contribution < -0.4 is 10.6 Å². The van der Waals surface area contributed by atoms with E-state index in [-0.39, 0.29) is 5.91 Å². The van der Waals surface area contributed by atoms with E-state index in [0.717, 1.165) is 44.1 Å². The van der Waals surface area contributed by atoms with Gasteiger partial charge in [0.1, 0.15) is 11.6 Å². The molecule has 1 aliphatic rings. The Hall–Kier alpha value is -2.88. The van der Waals surface area contributed by atoms with Crippen molar-refractivity contribution in [2.75, 3.05) is 18.4 Å². The van der Waals surface area contributed by atoms with E-state index in [1.165, 1.54) is 5.56 Å². The maximum Gasteiger partial charge on any atom is 0.490 e. The third kappa shape index (κ3) is 6.69. The number of carboxylic acid groups (broad SMARTS) is 1. The molecule has 0 saturated heterocycles. The molecule has 0 unspecified atom stereocenters. The number of carboxylic acids is 1. The third-order valence-corrected chi connectivity index (χ3v) is 3.97. The molecule has 10 heteroatoms. The molecule has 2 heterocycles. The molecule has 2 aromatic rings. The summed E-state index contributed by atoms with van der Waals surface area (Å²) >= 11 is 0. The van der Waals surface area contributed by atoms with Gasteiger partial charge in [-0.3, -0.25) is 4.79 Å². The second-order valence-corrected chi connectivity index (χ2v) is 6.05. The average Bonchev–Trinajstić information content (AvgIpc) is 2.87. The van der Waals surface area contributed by atoms with Gasteiger partial charge in [-0.25, -0.2) is 9.78 Å². The summed E-state index contributed by atoms with van der Waals surface area (Å²) in [6.07, 6.45) is -1.17. The number of carbonyl (C=O) groups excluding carboxylic acids is 1. The first kappa shape index (κ1) is 21.4. The lowest BCUT2D eigenvalue weighted by Crippen LogP contribution is -2.21. The van der Waals surface area contributed by atoms with Crippen molar-refractivity contribution in [2.45, 2.75) is 32.0 Å². The number of hydrogen-bond donors (Lipinski definition) is 3. The molecule has 0 saturated carbocycles. The summed E-state index contributed by atoms with van der Waals surface area (Å²) in [4.78, 5) is 25.4. The van der Waals surface area contributed by atoms with E-state index in [2.05, 4.69) is 20.2 Å². The van der Waals surface area contributed by atoms with Crippen molar-refractivity contribution in [3.8, 4) is 0 Å². The van der Waals surface area contributed by atoms with Crippen LogP contribution in [0.5, 0.6) is 0 Å². The molecule has 3 rings (SSSR count). The molecule has 0 bridgehead atoms. The number of amides is 1. The number of anilines is 1. The summed E-state index contributed by atoms with van der Waals surface area (Å²) in [5, 5.41) is 13.4. The van der Waals surface area contributed by atoms with Crippen LogP contribution >= 0.6 is 0 Å². The fraction of sp³-hybridized carbons (Fsp3) is 0.389. The number of halogens is 3. The highest BCUT2D eigenvalue weighted by Gasteiger charge is 2.38. The van der Waals surface area contributed by atoms with Gasteiger partial charge in [-0.2, -0.15) is 13.2 Å². The normalized spacial score (nSPS) is 13.5. The highest BCUT2D eigenvalue weighted by atomic mass is 19.4. The monoisotopic (exact) mass is 398 g/mol. The Morgan fingerprint density at radius 2 is 1.89 bits per heavy atom. The number of carbonyl (C=O) groups is 2. The predicted molar refractivity (Wildman–Crippen MR) is 95.9 cm³/mol. The molecular weight excluding hydrogens is 377 g/mol. The summed E-state index contributed by atoms with van der Waals surface area (Å²) in [6.45, 7) is 2.71. The Bertz CT molecular complexity index is 791. The molecule has 0 spiro atoms. The number of aryl methyl sites for hydroxylation is 1. The molecule has 1 amide bonds. The van der Waals surface area contributed by atoms with E-state index < -0.39 is 12.1 Å². The van der Waals surface area contributed by atoms with E-state index >= 15 is 0 Å². The number of aromatic nitrogens is 2. The van der Waals surface area contributed by atoms with Gasteiger partial charge in [-0.1, -0.05) is 30.3 Å². The minimum absolute atomic E-state index is 0.0405. The second-order valence-electron chi connectivity index (χ2n) is 6.05. The number of nitrogens with zero attached hydrogens (tertiary/aromatic N) is 2. The zero-order chi connectivity index (χ0) is 20.6. The van der Waals surface area contributed by atoms with Gasteiger partial charge < -0.3 is 20.3 Å². The van der Waals surface area contributed by atoms with E-state index in [0.29, 0.717) is 6.42 Å². The lowest BCUT2D eigenvalue weighted by Gasteiger charge is -2.10. The zero-order valence-corrected chi connectivity index (χ0v) is 15.0. The Morgan fingerprint density at radius 3 is 2.54 bits per heavy atom. The fourth-order valence-electron chi connectivity index (χ4n) is 2.59. The number of nitrogens with one attached hydrogen (secondary N) is 2. The molecule has 0 aliphatic carbocycles. The lowest BCUT2D eigenvalue weighted by atomic mass is 10.1. The van der Waals surface area contributed by atoms with Crippen molar-refractivity contribution >= 4 is 17.7 Å². The van der Waals surface area contributed by atoms with Crippen LogP contribution in [0.1, 0.15) is 17.8 Å². The van der Waals surface area contributed by atoms with Crippen molar-refractivity contribution in [1.82, 2.24) is 14.9 Å². The predicted octanol–water partition coefficient (Wildman–Crippen LogP) is 2.23. The van der Waals surface area contributed by atoms with Crippen molar-refractivity contribution in [3.05, 3.63) is 47.9 Å². The Kier molecular flexibility index (Phi) is 7.56. The lowest BCUT2D eigenvalue weighted by molar-refractivity contribution is -0.192. The Labute approximate surface area is 159 Å². The van der Waals surface area contributed by atoms with Gasteiger partial charge in [0.2, 0.25) is 5.91 Å². The van der Waals surface area contributed by atoms with Gasteiger partial charge in [0.25, 0.3) is 0 Å². The smallest absolute Gasteiger partial charge is 0.475 e. The molecule has 152 valence electrons. The summed E-state index contributed by atoms with van der Waals surface area (Å²) in [5.74, 6) is -0.864. The van der Waals surface area contributed by atoms with Crippen LogP contribution in [0.3, 0.4) is 0 Å². The number of hydrogen-bond acceptors (Lipinski definition) is 4. The zero-order valence-electron chi connectivity index (χ0n) is 15.0. The number of alkyl halides is 3. The quantitative estimate of drug-likeness (QED) is 0.734. The summed E-state index contributed by atoms with van der Waals surface area (Å²) in [7, 11) is 0. The van der Waals surface area contributed by atoms with Crippen molar-refractivity contribution in [1.29, 1.82) is 0 Å². The largest absolute Gasteiger partial charge is 0.490 e. The van der Waals surface area contributed by atoms with E-state index in [9.17, 15) is 18.0 Å². The highest BCUT2D eigenvalue weighted by molar-refractivity contribution is 5.90. The number of fused-ring (bicyclic) bond motifs is 1. The third-order valence-electron chi connectivity index (χ3n) is 3.97. The molecule has 3 N–H and O–H groups in total. The van der Waals surface area contributed by atoms with Crippen LogP contribution in [-0.2, 0) is 29.0 Å². The van der Waals surface area contributed by atoms with Crippen molar-refractivity contribution in [3.63, 3.8) is 0 Å². The van der Waals surface area contributed by atoms with Crippen molar-refractivity contribution in [2.24, 2.45) is 0 Å². The van der Waals surface area contributed by atoms with Crippen LogP contribution in [0.25, 0.3) is 0 Å². The first-order valence-electron chi connectivity index (χ1n) is 8.66. The fourth-order valence-corrected chi connectivity index (χ4v) is 2.59. The Balaban J connectivity index is 0.000000345. The SMILES string of the molecule is O=C(CCc1ccccc1)Nc1cnc2n1CCNCC2.O=C(O)C(F)(F)F. The summed E-state index contributed by atoms with van der Waals surface area (Å²) in [6, 6.07) is 10.1. The van der Waals surface area contributed by atoms with Gasteiger partial charge in [0.15, 0.2) is 0 Å². The first-order valence-corrected chi connectivity index (χ1v) is 8.66. The molecule has 0 fully saturated rings. The maximum atomic E-state index is 12.1. The first-order chi connectivity index (χ1) is 13.3. The molecule has 28 heavy (non-hydrogen) atoms. The standard InChI is InChI=1S/C16H20N4O.C2HF3O2/c21-16(7-6-13-4-2-1-3-5-13)19-15-12-18-14-8-9-17-10-11-20(14)15;3-2(4,5)1(6)7/h1-5,12,17H,6-11H2,(H,19,21);(H,6,7). The van der Waals surface area contributed by atoms with Crippen LogP contribution in [0, 0.1) is 0 Å². The molecule has 1 aliphatic heterocycles. The summed E-state index contributed by atoms with van der Waals surface area (Å²) in [5.41, 5.74) is 1.18. The average molecular weight is 398 g/mol. The van der Waals surface area contributed by atoms with Crippen LogP contribution in [0.4, 0.5) is 19.0 Å². The molecule has 1 aromatic heterocycles. The molecule has 0 atom stereocenters. The molecular formula is C18H21F3N4O3. The number of aliphatic carboxylic acids is 1. The topological polar surface area (TPSA) is 96.3 Å². The summed E-state index contributed by atoms with van der Waals surface area (Å²) < 4.78 is 33.8. The highest BCUT2D eigenvalue weighted by Crippen LogP contribution is 2.14. The van der Waals surface area contributed by atoms with Crippen molar-refractivity contribution < 1.29 is 27.9 Å². The number of benzene rings is 1. The van der Waals surface area contributed by atoms with Gasteiger partial charge in [0, 0.05) is 32.5 Å². The van der Waals surface area contributed by atoms with Gasteiger partial charge in [-0.15, -0.1) is 0 Å². The van der Waals surface area contributed by atoms with E-state index in [1.807, 2.05) is 30.3 Å². The minimum Gasteiger partial charge on any atom is -0.475 e. The van der Waals surface area contributed by atoms with Gasteiger partial charge in [0.05, 0.1) is 6.20 Å². The number of rotatable bonds is 4. The molecule has 1 aromatic carbocycles. The minimum atomic E-state index is -5.08. The Morgan fingerprint density at radius 1 is 1.21 bits per heavy atom. The van der Waals surface area contributed by atoms with E-state index in [4.69, 9.17) is 9.90 Å². The van der Waals surface area contributed by atoms with Crippen LogP contribution in [-0.4, -0.2) is 45.8 Å². The second kappa shape index (κ2) is 9.88. The molecule has 7 nitrogen and oxygen atoms in total. The maximum absolute atomic E-state index is 12.1. The van der Waals surface area contributed by atoms with Gasteiger partial charge >= 0.3 is 12.1 Å². The van der Waals surface area contributed by atoms with E-state index in [1.54, 1.807) is 6.20 Å². The van der Waals surface area contributed by atoms with Crippen LogP contribution in [0.2, 0.25) is 0 Å². The van der Waals surface area contributed by atoms with Gasteiger partial charge in [-0.05, 0) is 12.0 Å². The number of imidazole rings is 1. The van der Waals surface area contributed by atoms with Crippen LogP contribution in [0.15, 0.2) is 36.5 Å².